The number of carbonyl (C=O) groups is 1. The first-order valence-corrected chi connectivity index (χ1v) is 7.15. The van der Waals surface area contributed by atoms with Crippen LogP contribution >= 0.6 is 0 Å². The molecule has 3 rings (SSSR count). The van der Waals surface area contributed by atoms with E-state index >= 15 is 0 Å². The van der Waals surface area contributed by atoms with Crippen molar-refractivity contribution in [3.8, 4) is 0 Å². The van der Waals surface area contributed by atoms with Crippen LogP contribution in [0.1, 0.15) is 53.4 Å². The Hall–Kier alpha value is -0.570. The molecule has 0 radical (unpaired) electrons. The maximum atomic E-state index is 11.4. The highest BCUT2D eigenvalue weighted by molar-refractivity contribution is 5.66. The summed E-state index contributed by atoms with van der Waals surface area (Å²) in [4.78, 5) is 11.4. The fourth-order valence-corrected chi connectivity index (χ4v) is 5.70. The van der Waals surface area contributed by atoms with Crippen molar-refractivity contribution in [2.45, 2.75) is 65.1 Å². The summed E-state index contributed by atoms with van der Waals surface area (Å²) < 4.78 is 5.62. The summed E-state index contributed by atoms with van der Waals surface area (Å²) in [6.45, 7) is 8.11. The van der Waals surface area contributed by atoms with Gasteiger partial charge in [0.1, 0.15) is 6.10 Å². The minimum absolute atomic E-state index is 0.0760. The molecule has 3 aliphatic rings. The molecule has 102 valence electrons. The van der Waals surface area contributed by atoms with E-state index in [9.17, 15) is 9.90 Å². The fraction of sp³-hybridized carbons (Fsp3) is 0.933. The second-order valence-corrected chi connectivity index (χ2v) is 7.29. The number of hydrogen-bond acceptors (Lipinski definition) is 3. The average molecular weight is 252 g/mol. The lowest BCUT2D eigenvalue weighted by Crippen LogP contribution is -2.53. The SMILES string of the molecule is CC(=O)O[C@@H]1C[C@H](C)[C@]2(O)C[C@H]3CC[C@@]12C3(C)C. The number of fused-ring (bicyclic) bond motifs is 1. The first kappa shape index (κ1) is 12.5. The topological polar surface area (TPSA) is 46.5 Å². The largest absolute Gasteiger partial charge is 0.462 e. The summed E-state index contributed by atoms with van der Waals surface area (Å²) in [7, 11) is 0. The van der Waals surface area contributed by atoms with Crippen LogP contribution in [0.5, 0.6) is 0 Å². The van der Waals surface area contributed by atoms with Gasteiger partial charge in [-0.3, -0.25) is 4.79 Å². The van der Waals surface area contributed by atoms with E-state index in [0.717, 1.165) is 19.3 Å². The van der Waals surface area contributed by atoms with Crippen LogP contribution in [0.25, 0.3) is 0 Å². The van der Waals surface area contributed by atoms with Gasteiger partial charge in [0, 0.05) is 12.3 Å². The van der Waals surface area contributed by atoms with E-state index in [-0.39, 0.29) is 28.8 Å². The van der Waals surface area contributed by atoms with Crippen molar-refractivity contribution in [1.82, 2.24) is 0 Å². The van der Waals surface area contributed by atoms with E-state index in [0.29, 0.717) is 5.92 Å². The fourth-order valence-electron chi connectivity index (χ4n) is 5.70. The smallest absolute Gasteiger partial charge is 0.302 e. The molecule has 0 aromatic carbocycles. The van der Waals surface area contributed by atoms with Crippen molar-refractivity contribution in [2.24, 2.45) is 22.7 Å². The van der Waals surface area contributed by atoms with Gasteiger partial charge in [-0.2, -0.15) is 0 Å². The molecule has 0 heterocycles. The van der Waals surface area contributed by atoms with Crippen LogP contribution in [0, 0.1) is 22.7 Å². The highest BCUT2D eigenvalue weighted by Crippen LogP contribution is 2.76. The van der Waals surface area contributed by atoms with Crippen LogP contribution in [0.4, 0.5) is 0 Å². The summed E-state index contributed by atoms with van der Waals surface area (Å²) in [5.74, 6) is 0.590. The first-order chi connectivity index (χ1) is 8.25. The Balaban J connectivity index is 2.08. The summed E-state index contributed by atoms with van der Waals surface area (Å²) in [5.41, 5.74) is -0.762. The molecule has 1 spiro atoms. The molecule has 3 heteroatoms. The standard InChI is InChI=1S/C15H24O3/c1-9-7-12(18-10(2)16)14-6-5-11(13(14,3)4)8-15(9,14)17/h9,11-12,17H,5-8H2,1-4H3/t9-,11+,12+,14-,15+/m0/s1. The van der Waals surface area contributed by atoms with Crippen LogP contribution in [0.2, 0.25) is 0 Å². The van der Waals surface area contributed by atoms with Gasteiger partial charge in [-0.15, -0.1) is 0 Å². The first-order valence-electron chi connectivity index (χ1n) is 7.15. The molecule has 2 bridgehead atoms. The number of rotatable bonds is 1. The van der Waals surface area contributed by atoms with Crippen LogP contribution in [0.15, 0.2) is 0 Å². The zero-order chi connectivity index (χ0) is 13.3. The second-order valence-electron chi connectivity index (χ2n) is 7.29. The van der Waals surface area contributed by atoms with Crippen molar-refractivity contribution in [3.05, 3.63) is 0 Å². The summed E-state index contributed by atoms with van der Waals surface area (Å²) in [6.07, 6.45) is 3.77. The second kappa shape index (κ2) is 3.30. The monoisotopic (exact) mass is 252 g/mol. The Bertz CT molecular complexity index is 403. The zero-order valence-corrected chi connectivity index (χ0v) is 11.8. The van der Waals surface area contributed by atoms with E-state index in [1.54, 1.807) is 0 Å². The number of hydrogen-bond donors (Lipinski definition) is 1. The number of carbonyl (C=O) groups excluding carboxylic acids is 1. The van der Waals surface area contributed by atoms with Crippen LogP contribution < -0.4 is 0 Å². The molecule has 3 aliphatic carbocycles. The Morgan fingerprint density at radius 1 is 1.39 bits per heavy atom. The van der Waals surface area contributed by atoms with E-state index in [4.69, 9.17) is 4.74 Å². The normalized spacial score (nSPS) is 52.4. The molecule has 5 atom stereocenters. The molecule has 3 fully saturated rings. The molecule has 0 saturated heterocycles. The Morgan fingerprint density at radius 2 is 2.06 bits per heavy atom. The molecular weight excluding hydrogens is 228 g/mol. The van der Waals surface area contributed by atoms with Crippen molar-refractivity contribution >= 4 is 5.97 Å². The van der Waals surface area contributed by atoms with Gasteiger partial charge in [-0.25, -0.2) is 0 Å². The molecule has 0 unspecified atom stereocenters. The van der Waals surface area contributed by atoms with Gasteiger partial charge in [0.05, 0.1) is 5.60 Å². The van der Waals surface area contributed by atoms with Crippen LogP contribution in [0.3, 0.4) is 0 Å². The highest BCUT2D eigenvalue weighted by atomic mass is 16.5. The van der Waals surface area contributed by atoms with E-state index in [1.165, 1.54) is 13.3 Å². The Labute approximate surface area is 109 Å². The maximum Gasteiger partial charge on any atom is 0.302 e. The predicted molar refractivity (Wildman–Crippen MR) is 67.8 cm³/mol. The maximum absolute atomic E-state index is 11.4. The molecule has 3 nitrogen and oxygen atoms in total. The van der Waals surface area contributed by atoms with Gasteiger partial charge in [0.15, 0.2) is 0 Å². The third-order valence-electron chi connectivity index (χ3n) is 6.63. The summed E-state index contributed by atoms with van der Waals surface area (Å²) in [6, 6.07) is 0. The lowest BCUT2D eigenvalue weighted by atomic mass is 9.62. The predicted octanol–water partition coefficient (Wildman–Crippen LogP) is 2.52. The molecule has 0 aromatic rings. The lowest BCUT2D eigenvalue weighted by Gasteiger charge is -2.47. The molecule has 3 saturated carbocycles. The molecule has 0 aromatic heterocycles. The van der Waals surface area contributed by atoms with Crippen molar-refractivity contribution in [1.29, 1.82) is 0 Å². The van der Waals surface area contributed by atoms with E-state index < -0.39 is 5.60 Å². The third-order valence-corrected chi connectivity index (χ3v) is 6.63. The van der Waals surface area contributed by atoms with Crippen molar-refractivity contribution in [2.75, 3.05) is 0 Å². The van der Waals surface area contributed by atoms with Gasteiger partial charge >= 0.3 is 5.97 Å². The van der Waals surface area contributed by atoms with Crippen LogP contribution in [-0.2, 0) is 9.53 Å². The number of aliphatic hydroxyl groups is 1. The lowest BCUT2D eigenvalue weighted by molar-refractivity contribution is -0.170. The Morgan fingerprint density at radius 3 is 2.61 bits per heavy atom. The Kier molecular flexibility index (Phi) is 2.28. The minimum atomic E-state index is -0.625. The number of esters is 1. The molecular formula is C15H24O3. The summed E-state index contributed by atoms with van der Waals surface area (Å²) in [5, 5.41) is 11.2. The van der Waals surface area contributed by atoms with Gasteiger partial charge in [0.2, 0.25) is 0 Å². The molecule has 18 heavy (non-hydrogen) atoms. The molecule has 1 N–H and O–H groups in total. The van der Waals surface area contributed by atoms with Crippen molar-refractivity contribution in [3.63, 3.8) is 0 Å². The van der Waals surface area contributed by atoms with Gasteiger partial charge in [-0.05, 0) is 42.9 Å². The summed E-state index contributed by atoms with van der Waals surface area (Å²) >= 11 is 0. The highest BCUT2D eigenvalue weighted by Gasteiger charge is 2.78. The van der Waals surface area contributed by atoms with E-state index in [2.05, 4.69) is 20.8 Å². The molecule has 0 amide bonds. The van der Waals surface area contributed by atoms with E-state index in [1.807, 2.05) is 0 Å². The quantitative estimate of drug-likeness (QED) is 0.729. The average Bonchev–Trinajstić information content (AvgIpc) is 2.69. The molecule has 0 aliphatic heterocycles. The third kappa shape index (κ3) is 1.08. The van der Waals surface area contributed by atoms with Gasteiger partial charge < -0.3 is 9.84 Å². The van der Waals surface area contributed by atoms with Crippen LogP contribution in [-0.4, -0.2) is 22.8 Å². The van der Waals surface area contributed by atoms with Crippen molar-refractivity contribution < 1.29 is 14.6 Å². The van der Waals surface area contributed by atoms with Gasteiger partial charge in [-0.1, -0.05) is 20.8 Å². The zero-order valence-electron chi connectivity index (χ0n) is 11.8. The minimum Gasteiger partial charge on any atom is -0.462 e. The number of ether oxygens (including phenoxy) is 1. The van der Waals surface area contributed by atoms with Gasteiger partial charge in [0.25, 0.3) is 0 Å².